The van der Waals surface area contributed by atoms with Crippen molar-refractivity contribution in [1.29, 1.82) is 0 Å². The number of amides is 3. The molecule has 2 fully saturated rings. The summed E-state index contributed by atoms with van der Waals surface area (Å²) in [5, 5.41) is 13.2. The van der Waals surface area contributed by atoms with Crippen LogP contribution in [0.25, 0.3) is 0 Å². The van der Waals surface area contributed by atoms with Gasteiger partial charge in [-0.2, -0.15) is 0 Å². The van der Waals surface area contributed by atoms with Gasteiger partial charge in [-0.15, -0.1) is 0 Å². The summed E-state index contributed by atoms with van der Waals surface area (Å²) in [6.07, 6.45) is -0.916. The molecule has 2 aromatic carbocycles. The second kappa shape index (κ2) is 9.36. The summed E-state index contributed by atoms with van der Waals surface area (Å²) in [6, 6.07) is 13.1. The number of urea groups is 1. The Balaban J connectivity index is 1.34. The molecule has 2 aliphatic rings. The molecule has 0 spiro atoms. The van der Waals surface area contributed by atoms with Gasteiger partial charge in [-0.05, 0) is 25.1 Å². The van der Waals surface area contributed by atoms with Gasteiger partial charge in [0.05, 0.1) is 25.4 Å². The van der Waals surface area contributed by atoms with Gasteiger partial charge in [0.2, 0.25) is 0 Å². The molecule has 2 saturated heterocycles. The summed E-state index contributed by atoms with van der Waals surface area (Å²) in [5.41, 5.74) is -0.359. The molecule has 2 atom stereocenters. The zero-order valence-electron chi connectivity index (χ0n) is 18.8. The lowest BCUT2D eigenvalue weighted by Gasteiger charge is -2.37. The molecule has 2 aliphatic heterocycles. The highest BCUT2D eigenvalue weighted by Gasteiger charge is 2.50. The van der Waals surface area contributed by atoms with Gasteiger partial charge in [0, 0.05) is 38.3 Å². The molecule has 9 heteroatoms. The van der Waals surface area contributed by atoms with Gasteiger partial charge in [0.15, 0.2) is 0 Å². The number of nitrogens with zero attached hydrogens (tertiary/aromatic N) is 3. The van der Waals surface area contributed by atoms with Crippen molar-refractivity contribution in [2.45, 2.75) is 18.6 Å². The van der Waals surface area contributed by atoms with Crippen molar-refractivity contribution in [3.8, 4) is 5.75 Å². The molecular formula is C24H29FN4O4. The van der Waals surface area contributed by atoms with Crippen molar-refractivity contribution in [3.05, 3.63) is 59.9 Å². The van der Waals surface area contributed by atoms with E-state index in [9.17, 15) is 19.1 Å². The number of benzene rings is 2. The Bertz CT molecular complexity index is 1030. The maximum Gasteiger partial charge on any atom is 0.325 e. The third kappa shape index (κ3) is 4.51. The van der Waals surface area contributed by atoms with Crippen molar-refractivity contribution in [1.82, 2.24) is 15.1 Å². The highest BCUT2D eigenvalue weighted by Crippen LogP contribution is 2.31. The predicted octanol–water partition coefficient (Wildman–Crippen LogP) is 1.78. The first-order valence-electron chi connectivity index (χ1n) is 11.0. The largest absolute Gasteiger partial charge is 0.495 e. The monoisotopic (exact) mass is 456 g/mol. The number of rotatable bonds is 7. The molecule has 0 radical (unpaired) electrons. The van der Waals surface area contributed by atoms with Crippen LogP contribution >= 0.6 is 0 Å². The minimum Gasteiger partial charge on any atom is -0.495 e. The van der Waals surface area contributed by atoms with E-state index in [0.29, 0.717) is 6.54 Å². The molecule has 33 heavy (non-hydrogen) atoms. The number of ether oxygens (including phenoxy) is 1. The van der Waals surface area contributed by atoms with Crippen LogP contribution in [0, 0.1) is 5.82 Å². The fraction of sp³-hybridized carbons (Fsp3) is 0.417. The number of hydrogen-bond acceptors (Lipinski definition) is 6. The van der Waals surface area contributed by atoms with Gasteiger partial charge in [0.1, 0.15) is 17.1 Å². The number of carbonyl (C=O) groups excluding carboxylic acids is 2. The summed E-state index contributed by atoms with van der Waals surface area (Å²) < 4.78 is 19.7. The normalized spacial score (nSPS) is 22.4. The van der Waals surface area contributed by atoms with Crippen LogP contribution in [0.5, 0.6) is 5.75 Å². The number of aliphatic hydroxyl groups is 1. The molecule has 3 amide bonds. The van der Waals surface area contributed by atoms with Crippen LogP contribution in [0.2, 0.25) is 0 Å². The molecule has 4 rings (SSSR count). The molecular weight excluding hydrogens is 427 g/mol. The van der Waals surface area contributed by atoms with Gasteiger partial charge < -0.3 is 20.1 Å². The highest BCUT2D eigenvalue weighted by atomic mass is 19.1. The van der Waals surface area contributed by atoms with Crippen LogP contribution in [-0.4, -0.2) is 79.3 Å². The van der Waals surface area contributed by atoms with Crippen LogP contribution in [0.15, 0.2) is 48.5 Å². The van der Waals surface area contributed by atoms with Crippen molar-refractivity contribution in [2.75, 3.05) is 51.3 Å². The van der Waals surface area contributed by atoms with E-state index in [0.717, 1.165) is 42.5 Å². The summed E-state index contributed by atoms with van der Waals surface area (Å²) in [6.45, 7) is 4.64. The first-order valence-corrected chi connectivity index (χ1v) is 11.0. The van der Waals surface area contributed by atoms with E-state index in [1.165, 1.54) is 25.1 Å². The Morgan fingerprint density at radius 1 is 1.06 bits per heavy atom. The molecule has 0 aliphatic carbocycles. The van der Waals surface area contributed by atoms with E-state index in [1.807, 2.05) is 24.3 Å². The fourth-order valence-corrected chi connectivity index (χ4v) is 4.54. The number of para-hydroxylation sites is 2. The Morgan fingerprint density at radius 3 is 2.42 bits per heavy atom. The van der Waals surface area contributed by atoms with Gasteiger partial charge in [-0.3, -0.25) is 14.6 Å². The standard InChI is InChI=1S/C24H29FN4O4/c1-24(18-7-3-4-8-19(18)25)22(31)29(23(32)26-24)16-17(30)15-27-11-13-28(14-12-27)20-9-5-6-10-21(20)33-2/h3-10,17,30H,11-16H2,1-2H3,(H,26,32). The first-order chi connectivity index (χ1) is 15.8. The second-order valence-corrected chi connectivity index (χ2v) is 8.56. The molecule has 176 valence electrons. The number of hydrogen-bond donors (Lipinski definition) is 2. The molecule has 2 unspecified atom stereocenters. The molecule has 0 aromatic heterocycles. The maximum atomic E-state index is 14.3. The van der Waals surface area contributed by atoms with Crippen molar-refractivity contribution in [3.63, 3.8) is 0 Å². The zero-order chi connectivity index (χ0) is 23.6. The number of anilines is 1. The van der Waals surface area contributed by atoms with Crippen LogP contribution < -0.4 is 15.0 Å². The molecule has 0 saturated carbocycles. The number of imide groups is 1. The molecule has 8 nitrogen and oxygen atoms in total. The maximum absolute atomic E-state index is 14.3. The molecule has 0 bridgehead atoms. The van der Waals surface area contributed by atoms with E-state index in [2.05, 4.69) is 15.1 Å². The van der Waals surface area contributed by atoms with Crippen LogP contribution in [0.4, 0.5) is 14.9 Å². The molecule has 2 N–H and O–H groups in total. The lowest BCUT2D eigenvalue weighted by Crippen LogP contribution is -2.50. The van der Waals surface area contributed by atoms with Crippen LogP contribution in [0.3, 0.4) is 0 Å². The Morgan fingerprint density at radius 2 is 1.73 bits per heavy atom. The van der Waals surface area contributed by atoms with E-state index in [4.69, 9.17) is 4.74 Å². The lowest BCUT2D eigenvalue weighted by molar-refractivity contribution is -0.132. The number of nitrogens with one attached hydrogen (secondary N) is 1. The zero-order valence-corrected chi connectivity index (χ0v) is 18.8. The van der Waals surface area contributed by atoms with Crippen molar-refractivity contribution < 1.29 is 23.8 Å². The predicted molar refractivity (Wildman–Crippen MR) is 122 cm³/mol. The third-order valence-corrected chi connectivity index (χ3v) is 6.35. The first kappa shape index (κ1) is 23.0. The van der Waals surface area contributed by atoms with Crippen LogP contribution in [-0.2, 0) is 10.3 Å². The van der Waals surface area contributed by atoms with Gasteiger partial charge in [-0.25, -0.2) is 9.18 Å². The summed E-state index contributed by atoms with van der Waals surface area (Å²) in [5.74, 6) is -0.316. The van der Waals surface area contributed by atoms with Gasteiger partial charge >= 0.3 is 6.03 Å². The van der Waals surface area contributed by atoms with E-state index < -0.39 is 29.4 Å². The topological polar surface area (TPSA) is 85.3 Å². The van der Waals surface area contributed by atoms with Crippen molar-refractivity contribution >= 4 is 17.6 Å². The average Bonchev–Trinajstić information content (AvgIpc) is 3.03. The minimum absolute atomic E-state index is 0.104. The van der Waals surface area contributed by atoms with Crippen molar-refractivity contribution in [2.24, 2.45) is 0 Å². The van der Waals surface area contributed by atoms with Crippen LogP contribution in [0.1, 0.15) is 12.5 Å². The summed E-state index contributed by atoms with van der Waals surface area (Å²) in [4.78, 5) is 30.8. The van der Waals surface area contributed by atoms with E-state index in [1.54, 1.807) is 13.2 Å². The Hall–Kier alpha value is -3.17. The minimum atomic E-state index is -1.50. The number of methoxy groups -OCH3 is 1. The number of halogens is 1. The number of β-amino-alcohol motifs (C(OH)–C–C–N with tert-alkyl or cyclic N) is 1. The SMILES string of the molecule is COc1ccccc1N1CCN(CC(O)CN2C(=O)NC(C)(c3ccccc3F)C2=O)CC1. The van der Waals surface area contributed by atoms with E-state index >= 15 is 0 Å². The van der Waals surface area contributed by atoms with E-state index in [-0.39, 0.29) is 12.1 Å². The molecule has 2 heterocycles. The average molecular weight is 457 g/mol. The smallest absolute Gasteiger partial charge is 0.325 e. The highest BCUT2D eigenvalue weighted by molar-refractivity contribution is 6.07. The Kier molecular flexibility index (Phi) is 6.53. The third-order valence-electron chi connectivity index (χ3n) is 6.35. The summed E-state index contributed by atoms with van der Waals surface area (Å²) in [7, 11) is 1.65. The number of aliphatic hydroxyl groups excluding tert-OH is 1. The van der Waals surface area contributed by atoms with Gasteiger partial charge in [0.25, 0.3) is 5.91 Å². The second-order valence-electron chi connectivity index (χ2n) is 8.56. The number of piperazine rings is 1. The lowest BCUT2D eigenvalue weighted by atomic mass is 9.91. The quantitative estimate of drug-likeness (QED) is 0.618. The Labute approximate surface area is 192 Å². The molecule has 2 aromatic rings. The fourth-order valence-electron chi connectivity index (χ4n) is 4.54. The van der Waals surface area contributed by atoms with Gasteiger partial charge in [-0.1, -0.05) is 30.3 Å². The summed E-state index contributed by atoms with van der Waals surface area (Å²) >= 11 is 0. The number of carbonyl (C=O) groups is 2.